The van der Waals surface area contributed by atoms with Gasteiger partial charge >= 0.3 is 0 Å². The van der Waals surface area contributed by atoms with E-state index in [1.165, 1.54) is 10.9 Å². The number of hydrogen-bond acceptors (Lipinski definition) is 2. The zero-order valence-electron chi connectivity index (χ0n) is 11.2. The topological polar surface area (TPSA) is 45.4 Å². The minimum atomic E-state index is 0.186. The second-order valence-corrected chi connectivity index (χ2v) is 5.23. The summed E-state index contributed by atoms with van der Waals surface area (Å²) in [6, 6.07) is 3.98. The van der Waals surface area contributed by atoms with Crippen molar-refractivity contribution in [2.45, 2.75) is 32.7 Å². The van der Waals surface area contributed by atoms with Crippen molar-refractivity contribution in [3.8, 4) is 0 Å². The van der Waals surface area contributed by atoms with Crippen LogP contribution in [0.25, 0.3) is 10.9 Å². The Morgan fingerprint density at radius 2 is 1.89 bits per heavy atom. The molecule has 4 heteroatoms. The van der Waals surface area contributed by atoms with Gasteiger partial charge in [-0.05, 0) is 43.4 Å². The molecule has 0 aliphatic heterocycles. The lowest BCUT2D eigenvalue weighted by Gasteiger charge is -2.07. The molecular weight excluding hydrogens is 262 g/mol. The van der Waals surface area contributed by atoms with Crippen LogP contribution in [0, 0.1) is 6.92 Å². The molecule has 0 saturated carbocycles. The predicted molar refractivity (Wildman–Crippen MR) is 78.8 cm³/mol. The fourth-order valence-corrected chi connectivity index (χ4v) is 2.67. The molecule has 2 rings (SSSR count). The number of aliphatic hydroxyl groups is 2. The summed E-state index contributed by atoms with van der Waals surface area (Å²) in [5.74, 6) is 0. The highest BCUT2D eigenvalue weighted by atomic mass is 35.5. The molecule has 0 bridgehead atoms. The molecule has 19 heavy (non-hydrogen) atoms. The molecule has 104 valence electrons. The van der Waals surface area contributed by atoms with E-state index in [4.69, 9.17) is 21.8 Å². The molecule has 0 unspecified atom stereocenters. The molecule has 2 N–H and O–H groups in total. The molecule has 0 saturated heterocycles. The third kappa shape index (κ3) is 2.94. The lowest BCUT2D eigenvalue weighted by atomic mass is 10.1. The molecule has 0 radical (unpaired) electrons. The van der Waals surface area contributed by atoms with Crippen LogP contribution in [0.4, 0.5) is 0 Å². The van der Waals surface area contributed by atoms with Crippen LogP contribution in [0.15, 0.2) is 18.3 Å². The number of aryl methyl sites for hydroxylation is 3. The number of benzene rings is 1. The van der Waals surface area contributed by atoms with Gasteiger partial charge in [-0.15, -0.1) is 0 Å². The van der Waals surface area contributed by atoms with Crippen LogP contribution in [-0.4, -0.2) is 28.0 Å². The molecule has 1 aromatic carbocycles. The first kappa shape index (κ1) is 14.4. The Morgan fingerprint density at radius 3 is 2.58 bits per heavy atom. The molecular formula is C15H20ClNO2. The highest BCUT2D eigenvalue weighted by Gasteiger charge is 2.12. The summed E-state index contributed by atoms with van der Waals surface area (Å²) in [5.41, 5.74) is 3.46. The van der Waals surface area contributed by atoms with E-state index < -0.39 is 0 Å². The monoisotopic (exact) mass is 281 g/mol. The third-order valence-corrected chi connectivity index (χ3v) is 3.88. The van der Waals surface area contributed by atoms with Gasteiger partial charge in [-0.1, -0.05) is 17.7 Å². The van der Waals surface area contributed by atoms with Crippen LogP contribution in [0.1, 0.15) is 24.0 Å². The van der Waals surface area contributed by atoms with Crippen LogP contribution in [0.2, 0.25) is 5.02 Å². The highest BCUT2D eigenvalue weighted by molar-refractivity contribution is 6.32. The van der Waals surface area contributed by atoms with Crippen molar-refractivity contribution >= 4 is 22.5 Å². The number of rotatable bonds is 6. The summed E-state index contributed by atoms with van der Waals surface area (Å²) >= 11 is 6.20. The van der Waals surface area contributed by atoms with Crippen molar-refractivity contribution in [1.82, 2.24) is 4.57 Å². The summed E-state index contributed by atoms with van der Waals surface area (Å²) < 4.78 is 2.17. The molecule has 0 aliphatic rings. The minimum Gasteiger partial charge on any atom is -0.396 e. The summed E-state index contributed by atoms with van der Waals surface area (Å²) in [6.45, 7) is 3.20. The molecule has 0 amide bonds. The van der Waals surface area contributed by atoms with Crippen molar-refractivity contribution in [3.05, 3.63) is 34.5 Å². The van der Waals surface area contributed by atoms with Gasteiger partial charge in [-0.3, -0.25) is 0 Å². The second-order valence-electron chi connectivity index (χ2n) is 4.82. The summed E-state index contributed by atoms with van der Waals surface area (Å²) in [6.07, 6.45) is 4.48. The molecule has 0 aliphatic carbocycles. The maximum absolute atomic E-state index is 9.00. The third-order valence-electron chi connectivity index (χ3n) is 3.47. The number of hydrogen-bond donors (Lipinski definition) is 2. The van der Waals surface area contributed by atoms with Gasteiger partial charge < -0.3 is 14.8 Å². The fourth-order valence-electron chi connectivity index (χ4n) is 2.51. The summed E-state index contributed by atoms with van der Waals surface area (Å²) in [7, 11) is 0. The van der Waals surface area contributed by atoms with E-state index in [1.807, 2.05) is 19.1 Å². The van der Waals surface area contributed by atoms with Gasteiger partial charge in [-0.25, -0.2) is 0 Å². The van der Waals surface area contributed by atoms with E-state index in [9.17, 15) is 0 Å². The minimum absolute atomic E-state index is 0.186. The predicted octanol–water partition coefficient (Wildman–Crippen LogP) is 2.91. The van der Waals surface area contributed by atoms with Crippen LogP contribution in [-0.2, 0) is 13.0 Å². The number of aliphatic hydroxyl groups excluding tert-OH is 2. The van der Waals surface area contributed by atoms with E-state index in [0.717, 1.165) is 41.9 Å². The zero-order chi connectivity index (χ0) is 13.8. The molecule has 2 aromatic rings. The molecule has 3 nitrogen and oxygen atoms in total. The van der Waals surface area contributed by atoms with E-state index in [1.54, 1.807) is 0 Å². The first-order valence-electron chi connectivity index (χ1n) is 6.67. The first-order valence-corrected chi connectivity index (χ1v) is 7.05. The maximum Gasteiger partial charge on any atom is 0.0527 e. The second kappa shape index (κ2) is 6.42. The van der Waals surface area contributed by atoms with Crippen LogP contribution < -0.4 is 0 Å². The zero-order valence-corrected chi connectivity index (χ0v) is 12.0. The fraction of sp³-hybridized carbons (Fsp3) is 0.467. The van der Waals surface area contributed by atoms with E-state index in [0.29, 0.717) is 0 Å². The van der Waals surface area contributed by atoms with Gasteiger partial charge in [0, 0.05) is 36.4 Å². The molecule has 1 aromatic heterocycles. The largest absolute Gasteiger partial charge is 0.396 e. The summed E-state index contributed by atoms with van der Waals surface area (Å²) in [5, 5.41) is 20.0. The number of nitrogens with zero attached hydrogens (tertiary/aromatic N) is 1. The Balaban J connectivity index is 2.49. The van der Waals surface area contributed by atoms with Crippen molar-refractivity contribution in [2.75, 3.05) is 13.2 Å². The molecule has 0 atom stereocenters. The average Bonchev–Trinajstić information content (AvgIpc) is 2.77. The van der Waals surface area contributed by atoms with Gasteiger partial charge in [0.1, 0.15) is 0 Å². The normalized spacial score (nSPS) is 11.4. The quantitative estimate of drug-likeness (QED) is 0.855. The van der Waals surface area contributed by atoms with E-state index in [2.05, 4.69) is 10.8 Å². The Bertz CT molecular complexity index is 563. The van der Waals surface area contributed by atoms with Crippen molar-refractivity contribution in [3.63, 3.8) is 0 Å². The van der Waals surface area contributed by atoms with Gasteiger partial charge in [-0.2, -0.15) is 0 Å². The Kier molecular flexibility index (Phi) is 4.86. The summed E-state index contributed by atoms with van der Waals surface area (Å²) in [4.78, 5) is 0. The smallest absolute Gasteiger partial charge is 0.0527 e. The van der Waals surface area contributed by atoms with Crippen molar-refractivity contribution in [1.29, 1.82) is 0 Å². The van der Waals surface area contributed by atoms with Gasteiger partial charge in [0.25, 0.3) is 0 Å². The number of halogens is 1. The van der Waals surface area contributed by atoms with Crippen LogP contribution in [0.3, 0.4) is 0 Å². The lowest BCUT2D eigenvalue weighted by Crippen LogP contribution is -1.99. The first-order chi connectivity index (χ1) is 9.19. The molecule has 0 spiro atoms. The molecule has 0 fully saturated rings. The van der Waals surface area contributed by atoms with E-state index in [-0.39, 0.29) is 13.2 Å². The Hall–Kier alpha value is -1.03. The highest BCUT2D eigenvalue weighted by Crippen LogP contribution is 2.30. The molecule has 1 heterocycles. The Labute approximate surface area is 118 Å². The standard InChI is InChI=1S/C15H20ClNO2/c1-11-14(16)6-5-13-12(4-2-8-18)10-17(15(11)13)7-3-9-19/h5-6,10,18-19H,2-4,7-9H2,1H3. The van der Waals surface area contributed by atoms with Crippen LogP contribution in [0.5, 0.6) is 0 Å². The van der Waals surface area contributed by atoms with Crippen molar-refractivity contribution in [2.24, 2.45) is 0 Å². The lowest BCUT2D eigenvalue weighted by molar-refractivity contribution is 0.280. The van der Waals surface area contributed by atoms with Gasteiger partial charge in [0.05, 0.1) is 5.52 Å². The Morgan fingerprint density at radius 1 is 1.16 bits per heavy atom. The van der Waals surface area contributed by atoms with Gasteiger partial charge in [0.15, 0.2) is 0 Å². The van der Waals surface area contributed by atoms with Gasteiger partial charge in [0.2, 0.25) is 0 Å². The van der Waals surface area contributed by atoms with Crippen molar-refractivity contribution < 1.29 is 10.2 Å². The van der Waals surface area contributed by atoms with E-state index >= 15 is 0 Å². The maximum atomic E-state index is 9.00. The number of aromatic nitrogens is 1. The van der Waals surface area contributed by atoms with Crippen LogP contribution >= 0.6 is 11.6 Å². The SMILES string of the molecule is Cc1c(Cl)ccc2c(CCCO)cn(CCCO)c12. The number of fused-ring (bicyclic) bond motifs is 1. The average molecular weight is 282 g/mol.